The van der Waals surface area contributed by atoms with E-state index in [1.54, 1.807) is 7.05 Å². The Balaban J connectivity index is 2.27. The molecule has 90 valence electrons. The number of hydrogen-bond donors (Lipinski definition) is 1. The minimum atomic E-state index is -0.931. The summed E-state index contributed by atoms with van der Waals surface area (Å²) in [6.45, 7) is 0. The first-order valence-corrected chi connectivity index (χ1v) is 6.41. The molecule has 0 atom stereocenters. The lowest BCUT2D eigenvalue weighted by Gasteiger charge is -2.20. The Kier molecular flexibility index (Phi) is 3.38. The van der Waals surface area contributed by atoms with E-state index in [2.05, 4.69) is 0 Å². The fourth-order valence-electron chi connectivity index (χ4n) is 1.84. The van der Waals surface area contributed by atoms with Crippen LogP contribution in [0.1, 0.15) is 12.0 Å². The number of benzene rings is 1. The van der Waals surface area contributed by atoms with Crippen LogP contribution in [0.15, 0.2) is 23.1 Å². The number of rotatable bonds is 1. The Labute approximate surface area is 104 Å². The van der Waals surface area contributed by atoms with E-state index < -0.39 is 11.8 Å². The Bertz CT molecular complexity index is 474. The van der Waals surface area contributed by atoms with E-state index in [4.69, 9.17) is 5.73 Å². The summed E-state index contributed by atoms with van der Waals surface area (Å²) in [6.07, 6.45) is 2.17. The van der Waals surface area contributed by atoms with Gasteiger partial charge in [0.25, 0.3) is 0 Å². The van der Waals surface area contributed by atoms with Crippen LogP contribution in [0.25, 0.3) is 0 Å². The molecule has 0 aromatic heterocycles. The molecule has 0 aliphatic carbocycles. The molecule has 1 heterocycles. The van der Waals surface area contributed by atoms with Crippen molar-refractivity contribution in [1.82, 2.24) is 0 Å². The maximum absolute atomic E-state index is 11.5. The number of nitrogens with zero attached hydrogens (tertiary/aromatic N) is 1. The van der Waals surface area contributed by atoms with E-state index in [1.807, 2.05) is 30.0 Å². The van der Waals surface area contributed by atoms with Gasteiger partial charge in [-0.2, -0.15) is 0 Å². The number of carbonyl (C=O) groups is 2. The average Bonchev–Trinajstić information content (AvgIpc) is 2.36. The fourth-order valence-corrected chi connectivity index (χ4v) is 2.86. The van der Waals surface area contributed by atoms with Gasteiger partial charge in [-0.3, -0.25) is 9.59 Å². The summed E-state index contributed by atoms with van der Waals surface area (Å²) in [4.78, 5) is 24.8. The highest BCUT2D eigenvalue weighted by molar-refractivity contribution is 7.99. The molecule has 2 amide bonds. The van der Waals surface area contributed by atoms with Gasteiger partial charge in [-0.25, -0.2) is 0 Å². The standard InChI is InChI=1S/C12H14N2O2S/c1-14(12(16)11(13)15)9-4-5-10-8(7-9)3-2-6-17-10/h4-5,7H,2-3,6H2,1H3,(H2,13,15). The summed E-state index contributed by atoms with van der Waals surface area (Å²) in [5.74, 6) is -0.476. The second-order valence-corrected chi connectivity index (χ2v) is 5.11. The van der Waals surface area contributed by atoms with Gasteiger partial charge in [0.05, 0.1) is 0 Å². The number of nitrogens with two attached hydrogens (primary N) is 1. The molecule has 2 N–H and O–H groups in total. The summed E-state index contributed by atoms with van der Waals surface area (Å²) in [5, 5.41) is 0. The number of carbonyl (C=O) groups excluding carboxylic acids is 2. The lowest BCUT2D eigenvalue weighted by Crippen LogP contribution is -2.37. The minimum absolute atomic E-state index is 0.687. The van der Waals surface area contributed by atoms with Crippen molar-refractivity contribution >= 4 is 29.3 Å². The summed E-state index contributed by atoms with van der Waals surface area (Å²) in [5.41, 5.74) is 6.93. The second-order valence-electron chi connectivity index (χ2n) is 3.97. The van der Waals surface area contributed by atoms with E-state index in [0.717, 1.165) is 24.3 Å². The Morgan fingerprint density at radius 1 is 1.41 bits per heavy atom. The molecular formula is C12H14N2O2S. The topological polar surface area (TPSA) is 63.4 Å². The fraction of sp³-hybridized carbons (Fsp3) is 0.333. The van der Waals surface area contributed by atoms with E-state index in [9.17, 15) is 9.59 Å². The van der Waals surface area contributed by atoms with Crippen LogP contribution in [-0.2, 0) is 16.0 Å². The minimum Gasteiger partial charge on any atom is -0.361 e. The number of amides is 2. The molecule has 0 fully saturated rings. The predicted octanol–water partition coefficient (Wildman–Crippen LogP) is 1.17. The molecule has 0 spiro atoms. The van der Waals surface area contributed by atoms with Gasteiger partial charge in [-0.05, 0) is 42.4 Å². The molecule has 5 heteroatoms. The van der Waals surface area contributed by atoms with Crippen molar-refractivity contribution < 1.29 is 9.59 Å². The Hall–Kier alpha value is -1.49. The van der Waals surface area contributed by atoms with Crippen LogP contribution in [0.2, 0.25) is 0 Å². The molecule has 1 aromatic carbocycles. The zero-order valence-corrected chi connectivity index (χ0v) is 10.4. The third-order valence-electron chi connectivity index (χ3n) is 2.79. The van der Waals surface area contributed by atoms with Crippen LogP contribution in [0.5, 0.6) is 0 Å². The van der Waals surface area contributed by atoms with Crippen molar-refractivity contribution in [3.63, 3.8) is 0 Å². The number of hydrogen-bond acceptors (Lipinski definition) is 3. The Morgan fingerprint density at radius 2 is 2.18 bits per heavy atom. The summed E-state index contributed by atoms with van der Waals surface area (Å²) in [7, 11) is 1.56. The molecule has 17 heavy (non-hydrogen) atoms. The highest BCUT2D eigenvalue weighted by atomic mass is 32.2. The first-order valence-electron chi connectivity index (χ1n) is 5.43. The van der Waals surface area contributed by atoms with Gasteiger partial charge in [0.15, 0.2) is 0 Å². The molecule has 0 unspecified atom stereocenters. The SMILES string of the molecule is CN(C(=O)C(N)=O)c1ccc2c(c1)CCCS2. The Morgan fingerprint density at radius 3 is 2.88 bits per heavy atom. The van der Waals surface area contributed by atoms with Crippen molar-refractivity contribution in [3.8, 4) is 0 Å². The van der Waals surface area contributed by atoms with Crippen molar-refractivity contribution in [3.05, 3.63) is 23.8 Å². The van der Waals surface area contributed by atoms with E-state index in [-0.39, 0.29) is 0 Å². The highest BCUT2D eigenvalue weighted by Gasteiger charge is 2.18. The summed E-state index contributed by atoms with van der Waals surface area (Å²) >= 11 is 1.83. The number of anilines is 1. The monoisotopic (exact) mass is 250 g/mol. The second kappa shape index (κ2) is 4.79. The zero-order valence-electron chi connectivity index (χ0n) is 9.60. The summed E-state index contributed by atoms with van der Waals surface area (Å²) < 4.78 is 0. The third kappa shape index (κ3) is 2.44. The van der Waals surface area contributed by atoms with Gasteiger partial charge in [0.1, 0.15) is 0 Å². The number of fused-ring (bicyclic) bond motifs is 1. The van der Waals surface area contributed by atoms with Crippen LogP contribution in [0, 0.1) is 0 Å². The van der Waals surface area contributed by atoms with Crippen molar-refractivity contribution in [1.29, 1.82) is 0 Å². The van der Waals surface area contributed by atoms with Crippen LogP contribution >= 0.6 is 11.8 Å². The van der Waals surface area contributed by atoms with Gasteiger partial charge < -0.3 is 10.6 Å². The molecule has 1 aliphatic rings. The van der Waals surface area contributed by atoms with Gasteiger partial charge >= 0.3 is 11.8 Å². The summed E-state index contributed by atoms with van der Waals surface area (Å²) in [6, 6.07) is 5.81. The molecule has 0 bridgehead atoms. The molecule has 0 saturated carbocycles. The number of primary amides is 1. The maximum atomic E-state index is 11.5. The molecule has 2 rings (SSSR count). The van der Waals surface area contributed by atoms with Crippen LogP contribution in [0.3, 0.4) is 0 Å². The number of thioether (sulfide) groups is 1. The third-order valence-corrected chi connectivity index (χ3v) is 4.00. The molecule has 0 radical (unpaired) electrons. The normalized spacial score (nSPS) is 13.9. The van der Waals surface area contributed by atoms with Crippen LogP contribution in [-0.4, -0.2) is 24.6 Å². The van der Waals surface area contributed by atoms with Crippen molar-refractivity contribution in [2.75, 3.05) is 17.7 Å². The zero-order chi connectivity index (χ0) is 12.4. The predicted molar refractivity (Wildman–Crippen MR) is 68.1 cm³/mol. The van der Waals surface area contributed by atoms with E-state index in [1.165, 1.54) is 15.4 Å². The van der Waals surface area contributed by atoms with E-state index in [0.29, 0.717) is 0 Å². The first kappa shape index (κ1) is 12.0. The number of likely N-dealkylation sites (N-methyl/N-ethyl adjacent to an activating group) is 1. The smallest absolute Gasteiger partial charge is 0.315 e. The van der Waals surface area contributed by atoms with E-state index >= 15 is 0 Å². The lowest BCUT2D eigenvalue weighted by molar-refractivity contribution is -0.135. The first-order chi connectivity index (χ1) is 8.09. The lowest BCUT2D eigenvalue weighted by atomic mass is 10.1. The molecular weight excluding hydrogens is 236 g/mol. The largest absolute Gasteiger partial charge is 0.361 e. The average molecular weight is 250 g/mol. The van der Waals surface area contributed by atoms with Gasteiger partial charge in [-0.15, -0.1) is 11.8 Å². The van der Waals surface area contributed by atoms with Crippen LogP contribution < -0.4 is 10.6 Å². The van der Waals surface area contributed by atoms with Gasteiger partial charge in [0, 0.05) is 17.6 Å². The van der Waals surface area contributed by atoms with Gasteiger partial charge in [0.2, 0.25) is 0 Å². The van der Waals surface area contributed by atoms with Crippen molar-refractivity contribution in [2.24, 2.45) is 5.73 Å². The van der Waals surface area contributed by atoms with Gasteiger partial charge in [-0.1, -0.05) is 0 Å². The quantitative estimate of drug-likeness (QED) is 0.761. The highest BCUT2D eigenvalue weighted by Crippen LogP contribution is 2.32. The molecule has 1 aliphatic heterocycles. The molecule has 4 nitrogen and oxygen atoms in total. The van der Waals surface area contributed by atoms with Crippen LogP contribution in [0.4, 0.5) is 5.69 Å². The maximum Gasteiger partial charge on any atom is 0.315 e. The number of aryl methyl sites for hydroxylation is 1. The van der Waals surface area contributed by atoms with Crippen molar-refractivity contribution in [2.45, 2.75) is 17.7 Å². The molecule has 0 saturated heterocycles. The molecule has 1 aromatic rings.